The molecule has 0 bridgehead atoms. The lowest BCUT2D eigenvalue weighted by Crippen LogP contribution is -2.33. The van der Waals surface area contributed by atoms with E-state index in [1.807, 2.05) is 20.8 Å². The second kappa shape index (κ2) is 5.76. The molecule has 100 valence electrons. The van der Waals surface area contributed by atoms with Gasteiger partial charge in [-0.15, -0.1) is 0 Å². The maximum atomic E-state index is 12.0. The molecule has 0 unspecified atom stereocenters. The van der Waals surface area contributed by atoms with Crippen LogP contribution < -0.4 is 0 Å². The molecule has 4 nitrogen and oxygen atoms in total. The van der Waals surface area contributed by atoms with Crippen molar-refractivity contribution in [2.45, 2.75) is 45.6 Å². The minimum absolute atomic E-state index is 0.00488. The van der Waals surface area contributed by atoms with Crippen LogP contribution >= 0.6 is 0 Å². The van der Waals surface area contributed by atoms with E-state index in [-0.39, 0.29) is 17.1 Å². The molecule has 1 rings (SSSR count). The fourth-order valence-electron chi connectivity index (χ4n) is 1.91. The Morgan fingerprint density at radius 2 is 1.72 bits per heavy atom. The van der Waals surface area contributed by atoms with Gasteiger partial charge in [-0.1, -0.05) is 20.8 Å². The number of benzene rings is 1. The highest BCUT2D eigenvalue weighted by Gasteiger charge is 2.30. The van der Waals surface area contributed by atoms with Gasteiger partial charge in [0.15, 0.2) is 0 Å². The standard InChI is InChI=1S/C14H20O4/c1-4-14(5-2,6-3)18-13(17)11-9-10(15)7-8-12(11)16/h7-9,15-16H,4-6H2,1-3H3. The van der Waals surface area contributed by atoms with Crippen LogP contribution in [0, 0.1) is 0 Å². The Morgan fingerprint density at radius 1 is 1.17 bits per heavy atom. The summed E-state index contributed by atoms with van der Waals surface area (Å²) in [5.41, 5.74) is -0.510. The predicted octanol–water partition coefficient (Wildman–Crippen LogP) is 3.22. The number of rotatable bonds is 5. The normalized spacial score (nSPS) is 11.3. The minimum Gasteiger partial charge on any atom is -0.508 e. The number of phenolic OH excluding ortho intramolecular Hbond substituents is 2. The third-order valence-electron chi connectivity index (χ3n) is 3.44. The van der Waals surface area contributed by atoms with Gasteiger partial charge in [0.2, 0.25) is 0 Å². The minimum atomic E-state index is -0.603. The van der Waals surface area contributed by atoms with Crippen LogP contribution in [0.3, 0.4) is 0 Å². The molecular weight excluding hydrogens is 232 g/mol. The summed E-state index contributed by atoms with van der Waals surface area (Å²) >= 11 is 0. The van der Waals surface area contributed by atoms with Gasteiger partial charge < -0.3 is 14.9 Å². The van der Waals surface area contributed by atoms with E-state index in [1.54, 1.807) is 0 Å². The smallest absolute Gasteiger partial charge is 0.342 e. The van der Waals surface area contributed by atoms with Crippen molar-refractivity contribution in [3.8, 4) is 11.5 Å². The Hall–Kier alpha value is -1.71. The van der Waals surface area contributed by atoms with Gasteiger partial charge >= 0.3 is 5.97 Å². The summed E-state index contributed by atoms with van der Waals surface area (Å²) in [6, 6.07) is 3.81. The number of phenols is 2. The Bertz CT molecular complexity index is 414. The molecule has 0 radical (unpaired) electrons. The molecule has 0 aliphatic rings. The van der Waals surface area contributed by atoms with Crippen molar-refractivity contribution < 1.29 is 19.7 Å². The predicted molar refractivity (Wildman–Crippen MR) is 68.8 cm³/mol. The third kappa shape index (κ3) is 2.94. The molecule has 1 aromatic carbocycles. The van der Waals surface area contributed by atoms with Crippen molar-refractivity contribution in [1.29, 1.82) is 0 Å². The summed E-state index contributed by atoms with van der Waals surface area (Å²) in [4.78, 5) is 12.0. The highest BCUT2D eigenvalue weighted by Crippen LogP contribution is 2.29. The average Bonchev–Trinajstić information content (AvgIpc) is 2.38. The zero-order valence-corrected chi connectivity index (χ0v) is 11.1. The molecule has 4 heteroatoms. The van der Waals surface area contributed by atoms with E-state index in [9.17, 15) is 15.0 Å². The largest absolute Gasteiger partial charge is 0.508 e. The van der Waals surface area contributed by atoms with E-state index in [1.165, 1.54) is 18.2 Å². The summed E-state index contributed by atoms with van der Waals surface area (Å²) in [5, 5.41) is 18.9. The fraction of sp³-hybridized carbons (Fsp3) is 0.500. The molecule has 2 N–H and O–H groups in total. The topological polar surface area (TPSA) is 66.8 Å². The molecule has 0 aliphatic carbocycles. The lowest BCUT2D eigenvalue weighted by Gasteiger charge is -2.30. The van der Waals surface area contributed by atoms with Crippen molar-refractivity contribution in [2.75, 3.05) is 0 Å². The summed E-state index contributed by atoms with van der Waals surface area (Å²) in [6.45, 7) is 5.88. The van der Waals surface area contributed by atoms with E-state index < -0.39 is 11.6 Å². The molecule has 0 saturated heterocycles. The molecule has 18 heavy (non-hydrogen) atoms. The van der Waals surface area contributed by atoms with E-state index in [0.717, 1.165) is 0 Å². The number of hydrogen-bond donors (Lipinski definition) is 2. The summed E-state index contributed by atoms with van der Waals surface area (Å²) in [5.74, 6) is -0.862. The Labute approximate surface area is 107 Å². The van der Waals surface area contributed by atoms with Crippen LogP contribution in [0.2, 0.25) is 0 Å². The van der Waals surface area contributed by atoms with E-state index >= 15 is 0 Å². The second-order valence-corrected chi connectivity index (χ2v) is 4.33. The van der Waals surface area contributed by atoms with Gasteiger partial charge in [-0.2, -0.15) is 0 Å². The molecule has 0 spiro atoms. The highest BCUT2D eigenvalue weighted by molar-refractivity contribution is 5.93. The zero-order valence-electron chi connectivity index (χ0n) is 11.1. The number of ether oxygens (including phenoxy) is 1. The van der Waals surface area contributed by atoms with Crippen LogP contribution in [0.5, 0.6) is 11.5 Å². The van der Waals surface area contributed by atoms with Gasteiger partial charge in [0.25, 0.3) is 0 Å². The maximum Gasteiger partial charge on any atom is 0.342 e. The van der Waals surface area contributed by atoms with Crippen LogP contribution in [0.1, 0.15) is 50.4 Å². The van der Waals surface area contributed by atoms with Gasteiger partial charge in [0.05, 0.1) is 0 Å². The van der Waals surface area contributed by atoms with Gasteiger partial charge in [0, 0.05) is 0 Å². The summed E-state index contributed by atoms with van der Waals surface area (Å²) in [7, 11) is 0. The molecule has 0 atom stereocenters. The number of carbonyl (C=O) groups excluding carboxylic acids is 1. The fourth-order valence-corrected chi connectivity index (χ4v) is 1.91. The number of esters is 1. The van der Waals surface area contributed by atoms with Crippen molar-refractivity contribution in [3.63, 3.8) is 0 Å². The third-order valence-corrected chi connectivity index (χ3v) is 3.44. The van der Waals surface area contributed by atoms with Crippen LogP contribution in [0.4, 0.5) is 0 Å². The van der Waals surface area contributed by atoms with Gasteiger partial charge in [-0.25, -0.2) is 4.79 Å². The van der Waals surface area contributed by atoms with E-state index in [0.29, 0.717) is 19.3 Å². The van der Waals surface area contributed by atoms with Crippen molar-refractivity contribution in [2.24, 2.45) is 0 Å². The molecule has 1 aromatic rings. The van der Waals surface area contributed by atoms with Gasteiger partial charge in [0.1, 0.15) is 22.7 Å². The van der Waals surface area contributed by atoms with Crippen LogP contribution in [0.25, 0.3) is 0 Å². The molecule has 0 amide bonds. The highest BCUT2D eigenvalue weighted by atomic mass is 16.6. The number of aromatic hydroxyl groups is 2. The molecule has 0 aromatic heterocycles. The van der Waals surface area contributed by atoms with E-state index in [2.05, 4.69) is 0 Å². The quantitative estimate of drug-likeness (QED) is 0.623. The first-order valence-corrected chi connectivity index (χ1v) is 6.23. The molecule has 0 heterocycles. The SMILES string of the molecule is CCC(CC)(CC)OC(=O)c1cc(O)ccc1O. The molecule has 0 fully saturated rings. The lowest BCUT2D eigenvalue weighted by molar-refractivity contribution is -0.0251. The molecular formula is C14H20O4. The first-order chi connectivity index (χ1) is 8.48. The van der Waals surface area contributed by atoms with Gasteiger partial charge in [-0.05, 0) is 37.5 Å². The maximum absolute atomic E-state index is 12.0. The first kappa shape index (κ1) is 14.4. The lowest BCUT2D eigenvalue weighted by atomic mass is 9.94. The van der Waals surface area contributed by atoms with E-state index in [4.69, 9.17) is 4.74 Å². The summed E-state index contributed by atoms with van der Waals surface area (Å²) < 4.78 is 5.50. The van der Waals surface area contributed by atoms with Crippen molar-refractivity contribution >= 4 is 5.97 Å². The number of hydrogen-bond acceptors (Lipinski definition) is 4. The molecule has 0 aliphatic heterocycles. The van der Waals surface area contributed by atoms with Gasteiger partial charge in [-0.3, -0.25) is 0 Å². The van der Waals surface area contributed by atoms with Crippen LogP contribution in [-0.2, 0) is 4.74 Å². The molecule has 0 saturated carbocycles. The monoisotopic (exact) mass is 252 g/mol. The Balaban J connectivity index is 2.97. The second-order valence-electron chi connectivity index (χ2n) is 4.33. The summed E-state index contributed by atoms with van der Waals surface area (Å²) in [6.07, 6.45) is 2.14. The number of carbonyl (C=O) groups is 1. The van der Waals surface area contributed by atoms with Crippen molar-refractivity contribution in [1.82, 2.24) is 0 Å². The van der Waals surface area contributed by atoms with Crippen molar-refractivity contribution in [3.05, 3.63) is 23.8 Å². The first-order valence-electron chi connectivity index (χ1n) is 6.23. The Kier molecular flexibility index (Phi) is 4.59. The zero-order chi connectivity index (χ0) is 13.8. The van der Waals surface area contributed by atoms with Crippen LogP contribution in [0.15, 0.2) is 18.2 Å². The average molecular weight is 252 g/mol. The Morgan fingerprint density at radius 3 is 2.22 bits per heavy atom. The van der Waals surface area contributed by atoms with Crippen LogP contribution in [-0.4, -0.2) is 21.8 Å².